The van der Waals surface area contributed by atoms with Gasteiger partial charge in [-0.05, 0) is 31.4 Å². The van der Waals surface area contributed by atoms with Gasteiger partial charge >= 0.3 is 5.97 Å². The first kappa shape index (κ1) is 26.4. The number of hydrogen-bond acceptors (Lipinski definition) is 6. The molecule has 1 aromatic heterocycles. The number of benzene rings is 1. The molecule has 12 heteroatoms. The monoisotopic (exact) mass is 506 g/mol. The van der Waals surface area contributed by atoms with Crippen molar-refractivity contribution >= 4 is 33.7 Å². The van der Waals surface area contributed by atoms with Crippen LogP contribution >= 0.6 is 0 Å². The molecule has 190 valence electrons. The average molecular weight is 507 g/mol. The van der Waals surface area contributed by atoms with E-state index in [9.17, 15) is 32.5 Å². The van der Waals surface area contributed by atoms with Crippen molar-refractivity contribution in [3.63, 3.8) is 0 Å². The Hall–Kier alpha value is -3.25. The molecule has 2 atom stereocenters. The standard InChI is InChI=1S/C23H30N4O7S/c1-2-3-4-5-10-17(22(29)27-13-8-11-18(27)23(30)31)26-14-20(24-15-26)25-21(28)16-9-6-7-12-19(16)35(32,33)34/h6-7,9,12,14-15,17-18H,2-5,8,10-11,13H2,1H3,(H,25,28)(H,30,31)(H,32,33,34)/t17-,18+/m1/s1. The van der Waals surface area contributed by atoms with Gasteiger partial charge in [0.05, 0.1) is 11.9 Å². The highest BCUT2D eigenvalue weighted by Gasteiger charge is 2.37. The molecule has 1 aliphatic heterocycles. The summed E-state index contributed by atoms with van der Waals surface area (Å²) in [7, 11) is -4.61. The molecule has 0 aliphatic carbocycles. The molecule has 0 saturated carbocycles. The number of carboxylic acids is 1. The fourth-order valence-electron chi connectivity index (χ4n) is 4.28. The molecule has 2 aromatic rings. The number of rotatable bonds is 11. The van der Waals surface area contributed by atoms with E-state index < -0.39 is 39.0 Å². The van der Waals surface area contributed by atoms with Crippen molar-refractivity contribution in [2.24, 2.45) is 0 Å². The lowest BCUT2D eigenvalue weighted by Gasteiger charge is -2.27. The summed E-state index contributed by atoms with van der Waals surface area (Å²) in [5.41, 5.74) is -0.252. The number of amides is 2. The van der Waals surface area contributed by atoms with E-state index in [0.29, 0.717) is 25.8 Å². The summed E-state index contributed by atoms with van der Waals surface area (Å²) in [6, 6.07) is 3.67. The van der Waals surface area contributed by atoms with Gasteiger partial charge in [0.2, 0.25) is 5.91 Å². The van der Waals surface area contributed by atoms with Crippen molar-refractivity contribution in [2.45, 2.75) is 68.8 Å². The number of carboxylic acid groups (broad SMARTS) is 1. The van der Waals surface area contributed by atoms with E-state index in [-0.39, 0.29) is 17.3 Å². The van der Waals surface area contributed by atoms with Crippen molar-refractivity contribution in [3.8, 4) is 0 Å². The van der Waals surface area contributed by atoms with Crippen LogP contribution in [0.15, 0.2) is 41.7 Å². The summed E-state index contributed by atoms with van der Waals surface area (Å²) in [5.74, 6) is -2.04. The second-order valence-electron chi connectivity index (χ2n) is 8.52. The zero-order chi connectivity index (χ0) is 25.6. The smallest absolute Gasteiger partial charge is 0.326 e. The van der Waals surface area contributed by atoms with Crippen LogP contribution in [-0.4, -0.2) is 62.9 Å². The maximum Gasteiger partial charge on any atom is 0.326 e. The highest BCUT2D eigenvalue weighted by Crippen LogP contribution is 2.27. The van der Waals surface area contributed by atoms with E-state index >= 15 is 0 Å². The van der Waals surface area contributed by atoms with Gasteiger partial charge in [0, 0.05) is 12.7 Å². The second kappa shape index (κ2) is 11.5. The Morgan fingerprint density at radius 2 is 1.94 bits per heavy atom. The van der Waals surface area contributed by atoms with Crippen LogP contribution in [0.1, 0.15) is 68.3 Å². The molecule has 2 amide bonds. The number of nitrogens with one attached hydrogen (secondary N) is 1. The minimum Gasteiger partial charge on any atom is -0.480 e. The molecule has 3 N–H and O–H groups in total. The third kappa shape index (κ3) is 6.45. The van der Waals surface area contributed by atoms with Crippen molar-refractivity contribution < 1.29 is 32.5 Å². The Balaban J connectivity index is 1.81. The Kier molecular flexibility index (Phi) is 8.62. The number of hydrogen-bond donors (Lipinski definition) is 3. The van der Waals surface area contributed by atoms with E-state index in [1.807, 2.05) is 0 Å². The molecular formula is C23H30N4O7S. The highest BCUT2D eigenvalue weighted by atomic mass is 32.2. The predicted octanol–water partition coefficient (Wildman–Crippen LogP) is 2.97. The van der Waals surface area contributed by atoms with Crippen LogP contribution in [0.3, 0.4) is 0 Å². The Labute approximate surface area is 203 Å². The fourth-order valence-corrected chi connectivity index (χ4v) is 4.97. The van der Waals surface area contributed by atoms with Gasteiger partial charge in [-0.3, -0.25) is 14.1 Å². The minimum atomic E-state index is -4.61. The summed E-state index contributed by atoms with van der Waals surface area (Å²) in [6.07, 6.45) is 8.08. The van der Waals surface area contributed by atoms with Gasteiger partial charge in [0.1, 0.15) is 17.0 Å². The average Bonchev–Trinajstić information content (AvgIpc) is 3.48. The normalized spacial score (nSPS) is 16.7. The molecule has 0 bridgehead atoms. The van der Waals surface area contributed by atoms with Crippen LogP contribution in [-0.2, 0) is 19.7 Å². The summed E-state index contributed by atoms with van der Waals surface area (Å²) in [6.45, 7) is 2.45. The van der Waals surface area contributed by atoms with Gasteiger partial charge in [-0.25, -0.2) is 9.78 Å². The maximum atomic E-state index is 13.4. The third-order valence-corrected chi connectivity index (χ3v) is 6.96. The van der Waals surface area contributed by atoms with Crippen molar-refractivity contribution in [1.29, 1.82) is 0 Å². The quantitative estimate of drug-likeness (QED) is 0.310. The number of aromatic nitrogens is 2. The first-order chi connectivity index (χ1) is 16.6. The van der Waals surface area contributed by atoms with Crippen LogP contribution in [0, 0.1) is 0 Å². The van der Waals surface area contributed by atoms with Crippen LogP contribution in [0.2, 0.25) is 0 Å². The summed E-state index contributed by atoms with van der Waals surface area (Å²) in [5, 5.41) is 12.0. The molecule has 1 aliphatic rings. The molecule has 35 heavy (non-hydrogen) atoms. The lowest BCUT2D eigenvalue weighted by molar-refractivity contribution is -0.149. The van der Waals surface area contributed by atoms with E-state index in [0.717, 1.165) is 31.7 Å². The second-order valence-corrected chi connectivity index (χ2v) is 9.91. The van der Waals surface area contributed by atoms with Gasteiger partial charge in [-0.1, -0.05) is 44.7 Å². The number of carbonyl (C=O) groups excluding carboxylic acids is 2. The number of imidazole rings is 1. The zero-order valence-corrected chi connectivity index (χ0v) is 20.3. The van der Waals surface area contributed by atoms with Crippen molar-refractivity contribution in [2.75, 3.05) is 11.9 Å². The Morgan fingerprint density at radius 3 is 2.63 bits per heavy atom. The molecule has 1 aromatic carbocycles. The lowest BCUT2D eigenvalue weighted by Crippen LogP contribution is -2.44. The Morgan fingerprint density at radius 1 is 1.20 bits per heavy atom. The third-order valence-electron chi connectivity index (χ3n) is 6.05. The number of unbranched alkanes of at least 4 members (excludes halogenated alkanes) is 3. The Bertz CT molecular complexity index is 1180. The first-order valence-corrected chi connectivity index (χ1v) is 13.0. The van der Waals surface area contributed by atoms with Gasteiger partial charge in [0.25, 0.3) is 16.0 Å². The summed E-state index contributed by atoms with van der Waals surface area (Å²) >= 11 is 0. The first-order valence-electron chi connectivity index (χ1n) is 11.6. The maximum absolute atomic E-state index is 13.4. The van der Waals surface area contributed by atoms with Crippen molar-refractivity contribution in [3.05, 3.63) is 42.4 Å². The molecule has 3 rings (SSSR count). The van der Waals surface area contributed by atoms with Gasteiger partial charge in [-0.15, -0.1) is 0 Å². The molecule has 0 spiro atoms. The minimum absolute atomic E-state index is 0.0858. The molecule has 2 heterocycles. The van der Waals surface area contributed by atoms with E-state index in [1.54, 1.807) is 4.57 Å². The summed E-state index contributed by atoms with van der Waals surface area (Å²) in [4.78, 5) is 42.7. The molecule has 1 fully saturated rings. The number of anilines is 1. The largest absolute Gasteiger partial charge is 0.480 e. The molecular weight excluding hydrogens is 476 g/mol. The van der Waals surface area contributed by atoms with Crippen molar-refractivity contribution in [1.82, 2.24) is 14.5 Å². The van der Waals surface area contributed by atoms with Gasteiger partial charge in [-0.2, -0.15) is 8.42 Å². The molecule has 0 unspecified atom stereocenters. The molecule has 0 radical (unpaired) electrons. The fraction of sp³-hybridized carbons (Fsp3) is 0.478. The van der Waals surface area contributed by atoms with Crippen LogP contribution in [0.5, 0.6) is 0 Å². The summed E-state index contributed by atoms with van der Waals surface area (Å²) < 4.78 is 34.1. The topological polar surface area (TPSA) is 159 Å². The highest BCUT2D eigenvalue weighted by molar-refractivity contribution is 7.86. The zero-order valence-electron chi connectivity index (χ0n) is 19.5. The van der Waals surface area contributed by atoms with Crippen LogP contribution in [0.25, 0.3) is 0 Å². The SMILES string of the molecule is CCCCCC[C@H](C(=O)N1CCC[C@H]1C(=O)O)n1cnc(NC(=O)c2ccccc2S(=O)(=O)O)c1. The number of carbonyl (C=O) groups is 3. The van der Waals surface area contributed by atoms with E-state index in [1.165, 1.54) is 35.6 Å². The lowest BCUT2D eigenvalue weighted by atomic mass is 10.1. The van der Waals surface area contributed by atoms with Crippen LogP contribution in [0.4, 0.5) is 5.82 Å². The van der Waals surface area contributed by atoms with Gasteiger partial charge < -0.3 is 19.9 Å². The predicted molar refractivity (Wildman–Crippen MR) is 127 cm³/mol. The molecule has 11 nitrogen and oxygen atoms in total. The van der Waals surface area contributed by atoms with Gasteiger partial charge in [0.15, 0.2) is 5.82 Å². The van der Waals surface area contributed by atoms with E-state index in [2.05, 4.69) is 17.2 Å². The number of aliphatic carboxylic acids is 1. The number of likely N-dealkylation sites (tertiary alicyclic amines) is 1. The van der Waals surface area contributed by atoms with E-state index in [4.69, 9.17) is 0 Å². The molecule has 1 saturated heterocycles. The van der Waals surface area contributed by atoms with Crippen LogP contribution < -0.4 is 5.32 Å². The number of nitrogens with zero attached hydrogens (tertiary/aromatic N) is 3.